The van der Waals surface area contributed by atoms with Crippen molar-refractivity contribution in [2.24, 2.45) is 5.73 Å². The Morgan fingerprint density at radius 1 is 1.21 bits per heavy atom. The highest BCUT2D eigenvalue weighted by atomic mass is 32.2. The Labute approximate surface area is 122 Å². The van der Waals surface area contributed by atoms with E-state index in [4.69, 9.17) is 5.73 Å². The first kappa shape index (κ1) is 14.5. The first-order valence-corrected chi connectivity index (χ1v) is 8.02. The van der Waals surface area contributed by atoms with Gasteiger partial charge in [0.15, 0.2) is 5.16 Å². The van der Waals surface area contributed by atoms with Gasteiger partial charge in [-0.2, -0.15) is 0 Å². The monoisotopic (exact) mass is 293 g/mol. The molecule has 2 unspecified atom stereocenters. The maximum atomic E-state index is 6.11. The lowest BCUT2D eigenvalue weighted by Gasteiger charge is -2.18. The summed E-state index contributed by atoms with van der Waals surface area (Å²) in [5.41, 5.74) is 9.37. The minimum absolute atomic E-state index is 0.0640. The van der Waals surface area contributed by atoms with Gasteiger partial charge in [-0.05, 0) is 44.7 Å². The van der Waals surface area contributed by atoms with E-state index in [0.717, 1.165) is 22.1 Å². The zero-order valence-corrected chi connectivity index (χ0v) is 13.3. The Hall–Kier alpha value is -0.910. The Balaban J connectivity index is 2.28. The van der Waals surface area contributed by atoms with Crippen molar-refractivity contribution in [3.05, 3.63) is 39.3 Å². The number of hydrogen-bond acceptors (Lipinski definition) is 5. The predicted molar refractivity (Wildman–Crippen MR) is 82.8 cm³/mol. The third kappa shape index (κ3) is 3.35. The largest absolute Gasteiger partial charge is 0.327 e. The van der Waals surface area contributed by atoms with Gasteiger partial charge in [-0.1, -0.05) is 17.8 Å². The third-order valence-electron chi connectivity index (χ3n) is 3.15. The molecule has 0 radical (unpaired) electrons. The molecular formula is C14H19N3S2. The summed E-state index contributed by atoms with van der Waals surface area (Å²) < 4.78 is 0. The number of aryl methyl sites for hydroxylation is 2. The molecule has 0 aliphatic rings. The first-order valence-electron chi connectivity index (χ1n) is 6.26. The van der Waals surface area contributed by atoms with Crippen molar-refractivity contribution in [3.8, 4) is 0 Å². The maximum absolute atomic E-state index is 6.11. The van der Waals surface area contributed by atoms with E-state index in [9.17, 15) is 0 Å². The van der Waals surface area contributed by atoms with Gasteiger partial charge in [-0.3, -0.25) is 0 Å². The lowest BCUT2D eigenvalue weighted by atomic mass is 10.2. The van der Waals surface area contributed by atoms with Crippen molar-refractivity contribution in [1.29, 1.82) is 0 Å². The number of rotatable bonds is 4. The SMILES string of the molecule is Cc1nc(SC(c2cccs2)C(C)N)nc(C)c1C. The second-order valence-corrected chi connectivity index (χ2v) is 6.80. The highest BCUT2D eigenvalue weighted by Gasteiger charge is 2.20. The molecule has 0 bridgehead atoms. The van der Waals surface area contributed by atoms with Crippen LogP contribution in [0.2, 0.25) is 0 Å². The van der Waals surface area contributed by atoms with Crippen LogP contribution in [-0.4, -0.2) is 16.0 Å². The van der Waals surface area contributed by atoms with Crippen LogP contribution in [0.5, 0.6) is 0 Å². The van der Waals surface area contributed by atoms with Gasteiger partial charge in [-0.15, -0.1) is 11.3 Å². The summed E-state index contributed by atoms with van der Waals surface area (Å²) in [4.78, 5) is 10.4. The molecule has 2 rings (SSSR count). The van der Waals surface area contributed by atoms with Crippen LogP contribution in [0.15, 0.2) is 22.7 Å². The minimum Gasteiger partial charge on any atom is -0.327 e. The number of thiophene rings is 1. The molecule has 2 heterocycles. The summed E-state index contributed by atoms with van der Waals surface area (Å²) in [6.07, 6.45) is 0. The Morgan fingerprint density at radius 3 is 2.32 bits per heavy atom. The van der Waals surface area contributed by atoms with Crippen LogP contribution < -0.4 is 5.73 Å². The van der Waals surface area contributed by atoms with E-state index < -0.39 is 0 Å². The van der Waals surface area contributed by atoms with E-state index in [-0.39, 0.29) is 11.3 Å². The summed E-state index contributed by atoms with van der Waals surface area (Å²) in [7, 11) is 0. The van der Waals surface area contributed by atoms with Gasteiger partial charge in [0.2, 0.25) is 0 Å². The van der Waals surface area contributed by atoms with Crippen LogP contribution in [0.25, 0.3) is 0 Å². The van der Waals surface area contributed by atoms with Crippen molar-refractivity contribution < 1.29 is 0 Å². The quantitative estimate of drug-likeness (QED) is 0.690. The van der Waals surface area contributed by atoms with Crippen molar-refractivity contribution in [1.82, 2.24) is 9.97 Å². The fourth-order valence-corrected chi connectivity index (χ4v) is 3.93. The van der Waals surface area contributed by atoms with Crippen LogP contribution in [0.1, 0.15) is 34.0 Å². The normalized spacial score (nSPS) is 14.4. The molecule has 2 aromatic heterocycles. The Bertz CT molecular complexity index is 527. The molecule has 0 aliphatic heterocycles. The standard InChI is InChI=1S/C14H19N3S2/c1-8-10(3)16-14(17-11(8)4)19-13(9(2)15)12-6-5-7-18-12/h5-7,9,13H,15H2,1-4H3. The lowest BCUT2D eigenvalue weighted by Crippen LogP contribution is -2.22. The average molecular weight is 293 g/mol. The molecule has 0 fully saturated rings. The number of nitrogens with zero attached hydrogens (tertiary/aromatic N) is 2. The van der Waals surface area contributed by atoms with E-state index in [0.29, 0.717) is 0 Å². The Morgan fingerprint density at radius 2 is 1.84 bits per heavy atom. The van der Waals surface area contributed by atoms with E-state index in [1.54, 1.807) is 23.1 Å². The topological polar surface area (TPSA) is 51.8 Å². The fourth-order valence-electron chi connectivity index (χ4n) is 1.79. The van der Waals surface area contributed by atoms with Crippen LogP contribution in [0.4, 0.5) is 0 Å². The van der Waals surface area contributed by atoms with Crippen molar-refractivity contribution in [3.63, 3.8) is 0 Å². The number of thioether (sulfide) groups is 1. The van der Waals surface area contributed by atoms with Gasteiger partial charge in [0.05, 0.1) is 5.25 Å². The molecule has 0 saturated heterocycles. The summed E-state index contributed by atoms with van der Waals surface area (Å²) in [5.74, 6) is 0. The zero-order valence-electron chi connectivity index (χ0n) is 11.7. The first-order chi connectivity index (χ1) is 8.99. The molecule has 19 heavy (non-hydrogen) atoms. The van der Waals surface area contributed by atoms with E-state index in [1.807, 2.05) is 20.8 Å². The van der Waals surface area contributed by atoms with Crippen molar-refractivity contribution in [2.45, 2.75) is 44.1 Å². The highest BCUT2D eigenvalue weighted by molar-refractivity contribution is 7.99. The predicted octanol–water partition coefficient (Wildman–Crippen LogP) is 3.64. The lowest BCUT2D eigenvalue weighted by molar-refractivity contribution is 0.724. The molecule has 3 nitrogen and oxygen atoms in total. The van der Waals surface area contributed by atoms with E-state index in [2.05, 4.69) is 34.4 Å². The van der Waals surface area contributed by atoms with Gasteiger partial charge < -0.3 is 5.73 Å². The van der Waals surface area contributed by atoms with Gasteiger partial charge >= 0.3 is 0 Å². The molecule has 0 aliphatic carbocycles. The summed E-state index contributed by atoms with van der Waals surface area (Å²) in [6, 6.07) is 4.25. The van der Waals surface area contributed by atoms with Crippen molar-refractivity contribution in [2.75, 3.05) is 0 Å². The average Bonchev–Trinajstić information content (AvgIpc) is 2.86. The molecule has 0 spiro atoms. The molecule has 0 aromatic carbocycles. The molecule has 0 saturated carbocycles. The number of aromatic nitrogens is 2. The van der Waals surface area contributed by atoms with Crippen LogP contribution in [0, 0.1) is 20.8 Å². The molecular weight excluding hydrogens is 274 g/mol. The number of hydrogen-bond donors (Lipinski definition) is 1. The molecule has 2 atom stereocenters. The molecule has 102 valence electrons. The molecule has 2 N–H and O–H groups in total. The third-order valence-corrected chi connectivity index (χ3v) is 5.58. The molecule has 2 aromatic rings. The summed E-state index contributed by atoms with van der Waals surface area (Å²) >= 11 is 3.39. The van der Waals surface area contributed by atoms with Crippen LogP contribution in [-0.2, 0) is 0 Å². The second-order valence-electron chi connectivity index (χ2n) is 4.71. The highest BCUT2D eigenvalue weighted by Crippen LogP contribution is 2.37. The van der Waals surface area contributed by atoms with Gasteiger partial charge in [0, 0.05) is 22.3 Å². The molecule has 5 heteroatoms. The smallest absolute Gasteiger partial charge is 0.188 e. The second kappa shape index (κ2) is 6.03. The Kier molecular flexibility index (Phi) is 4.60. The van der Waals surface area contributed by atoms with Gasteiger partial charge in [-0.25, -0.2) is 9.97 Å². The van der Waals surface area contributed by atoms with E-state index in [1.165, 1.54) is 4.88 Å². The van der Waals surface area contributed by atoms with Crippen molar-refractivity contribution >= 4 is 23.1 Å². The summed E-state index contributed by atoms with van der Waals surface area (Å²) in [5, 5.41) is 3.11. The zero-order chi connectivity index (χ0) is 14.0. The summed E-state index contributed by atoms with van der Waals surface area (Å²) in [6.45, 7) is 8.15. The number of nitrogens with two attached hydrogens (primary N) is 1. The van der Waals surface area contributed by atoms with Gasteiger partial charge in [0.1, 0.15) is 0 Å². The molecule has 0 amide bonds. The fraction of sp³-hybridized carbons (Fsp3) is 0.429. The van der Waals surface area contributed by atoms with Crippen LogP contribution in [0.3, 0.4) is 0 Å². The maximum Gasteiger partial charge on any atom is 0.188 e. The minimum atomic E-state index is 0.0640. The van der Waals surface area contributed by atoms with Crippen LogP contribution >= 0.6 is 23.1 Å². The van der Waals surface area contributed by atoms with E-state index >= 15 is 0 Å². The van der Waals surface area contributed by atoms with Gasteiger partial charge in [0.25, 0.3) is 0 Å².